The summed E-state index contributed by atoms with van der Waals surface area (Å²) in [6.07, 6.45) is 0. The average molecular weight is 448 g/mol. The monoisotopic (exact) mass is 447 g/mol. The minimum absolute atomic E-state index is 0.0361. The Morgan fingerprint density at radius 3 is 2.32 bits per heavy atom. The van der Waals surface area contributed by atoms with Crippen molar-refractivity contribution in [3.8, 4) is 11.5 Å². The number of methoxy groups -OCH3 is 1. The lowest BCUT2D eigenvalue weighted by atomic mass is 10.2. The summed E-state index contributed by atoms with van der Waals surface area (Å²) in [5.74, 6) is 0.761. The van der Waals surface area contributed by atoms with Crippen LogP contribution in [-0.4, -0.2) is 70.8 Å². The lowest BCUT2D eigenvalue weighted by molar-refractivity contribution is 0.0952. The molecule has 0 aromatic heterocycles. The van der Waals surface area contributed by atoms with Crippen LogP contribution < -0.4 is 19.7 Å². The van der Waals surface area contributed by atoms with Gasteiger partial charge in [0, 0.05) is 32.7 Å². The molecule has 1 heterocycles. The van der Waals surface area contributed by atoms with E-state index < -0.39 is 10.0 Å². The zero-order chi connectivity index (χ0) is 22.3. The molecule has 1 aliphatic heterocycles. The SMILES string of the molecule is CCOc1ccccc1C(=O)NCCS(=O)(=O)N1CCN(c2ccccc2OC)CC1. The lowest BCUT2D eigenvalue weighted by Gasteiger charge is -2.36. The third kappa shape index (κ3) is 5.68. The Hall–Kier alpha value is -2.78. The highest BCUT2D eigenvalue weighted by Gasteiger charge is 2.28. The molecule has 31 heavy (non-hydrogen) atoms. The Bertz CT molecular complexity index is 988. The minimum atomic E-state index is -3.47. The first-order chi connectivity index (χ1) is 15.0. The van der Waals surface area contributed by atoms with Crippen molar-refractivity contribution >= 4 is 21.6 Å². The van der Waals surface area contributed by atoms with E-state index in [-0.39, 0.29) is 18.2 Å². The summed E-state index contributed by atoms with van der Waals surface area (Å²) in [6.45, 7) is 4.26. The van der Waals surface area contributed by atoms with Crippen LogP contribution in [0.25, 0.3) is 0 Å². The molecule has 0 unspecified atom stereocenters. The highest BCUT2D eigenvalue weighted by molar-refractivity contribution is 7.89. The van der Waals surface area contributed by atoms with Crippen LogP contribution >= 0.6 is 0 Å². The number of sulfonamides is 1. The molecule has 1 aliphatic rings. The zero-order valence-corrected chi connectivity index (χ0v) is 18.7. The van der Waals surface area contributed by atoms with E-state index in [2.05, 4.69) is 10.2 Å². The number of carbonyl (C=O) groups excluding carboxylic acids is 1. The van der Waals surface area contributed by atoms with Crippen LogP contribution in [0.3, 0.4) is 0 Å². The highest BCUT2D eigenvalue weighted by atomic mass is 32.2. The first-order valence-electron chi connectivity index (χ1n) is 10.3. The first kappa shape index (κ1) is 22.9. The molecule has 9 heteroatoms. The number of nitrogens with zero attached hydrogens (tertiary/aromatic N) is 2. The van der Waals surface area contributed by atoms with Crippen LogP contribution in [0.4, 0.5) is 5.69 Å². The van der Waals surface area contributed by atoms with Gasteiger partial charge < -0.3 is 19.7 Å². The number of ether oxygens (including phenoxy) is 2. The molecule has 0 bridgehead atoms. The van der Waals surface area contributed by atoms with Gasteiger partial charge in [0.15, 0.2) is 0 Å². The molecule has 0 aliphatic carbocycles. The second kappa shape index (κ2) is 10.5. The standard InChI is InChI=1S/C22H29N3O5S/c1-3-30-20-10-6-4-8-18(20)22(26)23-12-17-31(27,28)25-15-13-24(14-16-25)19-9-5-7-11-21(19)29-2/h4-11H,3,12-17H2,1-2H3,(H,23,26). The Morgan fingerprint density at radius 1 is 1.00 bits per heavy atom. The van der Waals surface area contributed by atoms with Crippen molar-refractivity contribution in [2.45, 2.75) is 6.92 Å². The third-order valence-electron chi connectivity index (χ3n) is 5.13. The van der Waals surface area contributed by atoms with Gasteiger partial charge in [-0.1, -0.05) is 24.3 Å². The number of carbonyl (C=O) groups is 1. The number of anilines is 1. The quantitative estimate of drug-likeness (QED) is 0.632. The number of rotatable bonds is 9. The summed E-state index contributed by atoms with van der Waals surface area (Å²) < 4.78 is 37.8. The van der Waals surface area contributed by atoms with E-state index in [0.717, 1.165) is 11.4 Å². The maximum atomic E-state index is 12.7. The topological polar surface area (TPSA) is 88.2 Å². The third-order valence-corrected chi connectivity index (χ3v) is 7.01. The Balaban J connectivity index is 1.52. The van der Waals surface area contributed by atoms with E-state index >= 15 is 0 Å². The number of piperazine rings is 1. The molecular weight excluding hydrogens is 418 g/mol. The summed E-state index contributed by atoms with van der Waals surface area (Å²) >= 11 is 0. The lowest BCUT2D eigenvalue weighted by Crippen LogP contribution is -2.50. The number of hydrogen-bond acceptors (Lipinski definition) is 6. The molecule has 8 nitrogen and oxygen atoms in total. The molecule has 0 radical (unpaired) electrons. The molecule has 2 aromatic carbocycles. The summed E-state index contributed by atoms with van der Waals surface area (Å²) in [7, 11) is -1.85. The van der Waals surface area contributed by atoms with Crippen molar-refractivity contribution in [3.05, 3.63) is 54.1 Å². The van der Waals surface area contributed by atoms with Crippen LogP contribution in [0.1, 0.15) is 17.3 Å². The molecule has 2 aromatic rings. The van der Waals surface area contributed by atoms with Crippen LogP contribution in [0.2, 0.25) is 0 Å². The van der Waals surface area contributed by atoms with Gasteiger partial charge in [-0.05, 0) is 31.2 Å². The van der Waals surface area contributed by atoms with Crippen molar-refractivity contribution in [1.82, 2.24) is 9.62 Å². The predicted molar refractivity (Wildman–Crippen MR) is 121 cm³/mol. The number of hydrogen-bond donors (Lipinski definition) is 1. The van der Waals surface area contributed by atoms with Crippen LogP contribution in [0, 0.1) is 0 Å². The molecular formula is C22H29N3O5S. The Kier molecular flexibility index (Phi) is 7.75. The minimum Gasteiger partial charge on any atom is -0.495 e. The van der Waals surface area contributed by atoms with E-state index in [4.69, 9.17) is 9.47 Å². The maximum absolute atomic E-state index is 12.7. The molecule has 168 valence electrons. The summed E-state index contributed by atoms with van der Waals surface area (Å²) in [6, 6.07) is 14.6. The van der Waals surface area contributed by atoms with Crippen LogP contribution in [0.15, 0.2) is 48.5 Å². The van der Waals surface area contributed by atoms with Gasteiger partial charge in [0.2, 0.25) is 10.0 Å². The maximum Gasteiger partial charge on any atom is 0.255 e. The van der Waals surface area contributed by atoms with Gasteiger partial charge in [0.25, 0.3) is 5.91 Å². The first-order valence-corrected chi connectivity index (χ1v) is 11.9. The molecule has 1 amide bonds. The predicted octanol–water partition coefficient (Wildman–Crippen LogP) is 1.98. The largest absolute Gasteiger partial charge is 0.495 e. The van der Waals surface area contributed by atoms with Gasteiger partial charge in [-0.15, -0.1) is 0 Å². The normalized spacial score (nSPS) is 14.8. The van der Waals surface area contributed by atoms with E-state index in [1.165, 1.54) is 4.31 Å². The fourth-order valence-electron chi connectivity index (χ4n) is 3.55. The van der Waals surface area contributed by atoms with E-state index in [1.807, 2.05) is 31.2 Å². The van der Waals surface area contributed by atoms with Crippen molar-refractivity contribution in [2.75, 3.05) is 57.1 Å². The van der Waals surface area contributed by atoms with Gasteiger partial charge in [0.05, 0.1) is 30.7 Å². The molecule has 3 rings (SSSR count). The van der Waals surface area contributed by atoms with Crippen molar-refractivity contribution in [2.24, 2.45) is 0 Å². The average Bonchev–Trinajstić information content (AvgIpc) is 2.79. The van der Waals surface area contributed by atoms with E-state index in [0.29, 0.717) is 44.1 Å². The summed E-state index contributed by atoms with van der Waals surface area (Å²) in [4.78, 5) is 14.6. The second-order valence-electron chi connectivity index (χ2n) is 7.06. The fraction of sp³-hybridized carbons (Fsp3) is 0.409. The van der Waals surface area contributed by atoms with E-state index in [9.17, 15) is 13.2 Å². The van der Waals surface area contributed by atoms with Gasteiger partial charge >= 0.3 is 0 Å². The van der Waals surface area contributed by atoms with Gasteiger partial charge in [0.1, 0.15) is 11.5 Å². The number of nitrogens with one attached hydrogen (secondary N) is 1. The molecule has 0 atom stereocenters. The Labute approximate surface area is 183 Å². The molecule has 1 saturated heterocycles. The second-order valence-corrected chi connectivity index (χ2v) is 9.15. The zero-order valence-electron chi connectivity index (χ0n) is 17.9. The van der Waals surface area contributed by atoms with Crippen molar-refractivity contribution in [1.29, 1.82) is 0 Å². The highest BCUT2D eigenvalue weighted by Crippen LogP contribution is 2.28. The molecule has 1 fully saturated rings. The van der Waals surface area contributed by atoms with Crippen molar-refractivity contribution in [3.63, 3.8) is 0 Å². The number of benzene rings is 2. The van der Waals surface area contributed by atoms with Gasteiger partial charge in [-0.2, -0.15) is 4.31 Å². The molecule has 0 saturated carbocycles. The molecule has 0 spiro atoms. The van der Waals surface area contributed by atoms with Gasteiger partial charge in [-0.3, -0.25) is 4.79 Å². The summed E-state index contributed by atoms with van der Waals surface area (Å²) in [5, 5.41) is 2.69. The van der Waals surface area contributed by atoms with Crippen LogP contribution in [-0.2, 0) is 10.0 Å². The smallest absolute Gasteiger partial charge is 0.255 e. The molecule has 1 N–H and O–H groups in total. The van der Waals surface area contributed by atoms with E-state index in [1.54, 1.807) is 31.4 Å². The van der Waals surface area contributed by atoms with Crippen molar-refractivity contribution < 1.29 is 22.7 Å². The summed E-state index contributed by atoms with van der Waals surface area (Å²) in [5.41, 5.74) is 1.36. The number of para-hydroxylation sites is 3. The Morgan fingerprint density at radius 2 is 1.65 bits per heavy atom. The number of amides is 1. The van der Waals surface area contributed by atoms with Crippen LogP contribution in [0.5, 0.6) is 11.5 Å². The fourth-order valence-corrected chi connectivity index (χ4v) is 4.89. The van der Waals surface area contributed by atoms with Gasteiger partial charge in [-0.25, -0.2) is 8.42 Å².